The molecule has 1 amide bonds. The zero-order valence-corrected chi connectivity index (χ0v) is 15.0. The van der Waals surface area contributed by atoms with Gasteiger partial charge in [0.25, 0.3) is 5.91 Å². The Kier molecular flexibility index (Phi) is 4.87. The van der Waals surface area contributed by atoms with Crippen LogP contribution in [-0.4, -0.2) is 15.7 Å². The number of carbonyl (C=O) groups excluding carboxylic acids is 1. The molecule has 4 nitrogen and oxygen atoms in total. The number of nitrogens with one attached hydrogen (secondary N) is 1. The van der Waals surface area contributed by atoms with Crippen LogP contribution in [0.5, 0.6) is 0 Å². The Hall–Kier alpha value is -2.25. The van der Waals surface area contributed by atoms with E-state index in [-0.39, 0.29) is 5.69 Å². The van der Waals surface area contributed by atoms with Crippen molar-refractivity contribution in [1.82, 2.24) is 9.78 Å². The van der Waals surface area contributed by atoms with E-state index in [1.807, 2.05) is 19.2 Å². The summed E-state index contributed by atoms with van der Waals surface area (Å²) in [4.78, 5) is 12.7. The highest BCUT2D eigenvalue weighted by molar-refractivity contribution is 7.12. The van der Waals surface area contributed by atoms with E-state index in [2.05, 4.69) is 10.4 Å². The van der Waals surface area contributed by atoms with Crippen LogP contribution in [0.2, 0.25) is 5.02 Å². The summed E-state index contributed by atoms with van der Waals surface area (Å²) in [7, 11) is 0. The van der Waals surface area contributed by atoms with Gasteiger partial charge in [0.05, 0.1) is 33.5 Å². The highest BCUT2D eigenvalue weighted by atomic mass is 35.5. The quantitative estimate of drug-likeness (QED) is 0.706. The van der Waals surface area contributed by atoms with E-state index < -0.39 is 17.5 Å². The van der Waals surface area contributed by atoms with Crippen molar-refractivity contribution in [2.75, 3.05) is 5.32 Å². The molecule has 0 aliphatic rings. The average molecular weight is 382 g/mol. The van der Waals surface area contributed by atoms with Crippen LogP contribution in [0.15, 0.2) is 29.6 Å². The highest BCUT2D eigenvalue weighted by Gasteiger charge is 2.14. The molecular formula is C17H14ClF2N3OS. The smallest absolute Gasteiger partial charge is 0.265 e. The SMILES string of the molecule is Cc1nn(Cc2csc(C(=O)Nc3ccc(F)cc3F)c2)c(C)c1Cl. The van der Waals surface area contributed by atoms with Crippen molar-refractivity contribution in [2.45, 2.75) is 20.4 Å². The second kappa shape index (κ2) is 6.93. The molecule has 0 saturated heterocycles. The summed E-state index contributed by atoms with van der Waals surface area (Å²) in [5.74, 6) is -1.96. The predicted molar refractivity (Wildman–Crippen MR) is 94.4 cm³/mol. The van der Waals surface area contributed by atoms with Crippen LogP contribution in [0, 0.1) is 25.5 Å². The van der Waals surface area contributed by atoms with Gasteiger partial charge in [-0.2, -0.15) is 5.10 Å². The molecule has 0 fully saturated rings. The lowest BCUT2D eigenvalue weighted by Crippen LogP contribution is -2.11. The van der Waals surface area contributed by atoms with Gasteiger partial charge >= 0.3 is 0 Å². The minimum absolute atomic E-state index is 0.0633. The number of amides is 1. The number of halogens is 3. The van der Waals surface area contributed by atoms with Gasteiger partial charge in [0.15, 0.2) is 0 Å². The molecule has 0 bridgehead atoms. The van der Waals surface area contributed by atoms with Crippen LogP contribution in [0.25, 0.3) is 0 Å². The van der Waals surface area contributed by atoms with Crippen LogP contribution >= 0.6 is 22.9 Å². The molecule has 8 heteroatoms. The van der Waals surface area contributed by atoms with Crippen molar-refractivity contribution in [1.29, 1.82) is 0 Å². The van der Waals surface area contributed by atoms with Crippen LogP contribution in [0.1, 0.15) is 26.6 Å². The fraction of sp³-hybridized carbons (Fsp3) is 0.176. The molecule has 1 aromatic carbocycles. The van der Waals surface area contributed by atoms with Crippen molar-refractivity contribution in [3.63, 3.8) is 0 Å². The Morgan fingerprint density at radius 3 is 2.72 bits per heavy atom. The summed E-state index contributed by atoms with van der Waals surface area (Å²) in [6.45, 7) is 4.18. The summed E-state index contributed by atoms with van der Waals surface area (Å²) in [5.41, 5.74) is 2.42. The lowest BCUT2D eigenvalue weighted by molar-refractivity contribution is 0.103. The van der Waals surface area contributed by atoms with E-state index >= 15 is 0 Å². The number of nitrogens with zero attached hydrogens (tertiary/aromatic N) is 2. The molecule has 0 saturated carbocycles. The third kappa shape index (κ3) is 3.72. The number of carbonyl (C=O) groups is 1. The molecule has 0 spiro atoms. The molecule has 0 aliphatic heterocycles. The van der Waals surface area contributed by atoms with Gasteiger partial charge in [0.1, 0.15) is 11.6 Å². The first-order valence-corrected chi connectivity index (χ1v) is 8.64. The van der Waals surface area contributed by atoms with Gasteiger partial charge in [0, 0.05) is 6.07 Å². The van der Waals surface area contributed by atoms with Gasteiger partial charge in [-0.1, -0.05) is 11.6 Å². The summed E-state index contributed by atoms with van der Waals surface area (Å²) in [6.07, 6.45) is 0. The van der Waals surface area contributed by atoms with Gasteiger partial charge in [-0.25, -0.2) is 8.78 Å². The van der Waals surface area contributed by atoms with E-state index in [0.717, 1.165) is 29.1 Å². The van der Waals surface area contributed by atoms with Crippen molar-refractivity contribution < 1.29 is 13.6 Å². The van der Waals surface area contributed by atoms with Gasteiger partial charge in [-0.15, -0.1) is 11.3 Å². The van der Waals surface area contributed by atoms with E-state index in [9.17, 15) is 13.6 Å². The monoisotopic (exact) mass is 381 g/mol. The Morgan fingerprint density at radius 1 is 1.32 bits per heavy atom. The number of aryl methyl sites for hydroxylation is 1. The largest absolute Gasteiger partial charge is 0.319 e. The minimum Gasteiger partial charge on any atom is -0.319 e. The summed E-state index contributed by atoms with van der Waals surface area (Å²) in [5, 5.41) is 9.25. The lowest BCUT2D eigenvalue weighted by Gasteiger charge is -2.05. The van der Waals surface area contributed by atoms with Crippen LogP contribution < -0.4 is 5.32 Å². The standard InChI is InChI=1S/C17H14ClF2N3OS/c1-9-16(18)10(2)23(22-9)7-11-5-15(25-8-11)17(24)21-14-4-3-12(19)6-13(14)20/h3-6,8H,7H2,1-2H3,(H,21,24). The summed E-state index contributed by atoms with van der Waals surface area (Å²) in [6, 6.07) is 4.72. The molecule has 2 aromatic heterocycles. The second-order valence-electron chi connectivity index (χ2n) is 5.54. The third-order valence-corrected chi connectivity index (χ3v) is 5.21. The van der Waals surface area contributed by atoms with E-state index in [4.69, 9.17) is 11.6 Å². The molecule has 0 aliphatic carbocycles. The Bertz CT molecular complexity index is 952. The Morgan fingerprint density at radius 2 is 2.08 bits per heavy atom. The second-order valence-corrected chi connectivity index (χ2v) is 6.83. The number of hydrogen-bond acceptors (Lipinski definition) is 3. The normalized spacial score (nSPS) is 10.9. The zero-order valence-electron chi connectivity index (χ0n) is 13.4. The molecule has 0 unspecified atom stereocenters. The van der Waals surface area contributed by atoms with E-state index in [1.165, 1.54) is 17.4 Å². The van der Waals surface area contributed by atoms with E-state index in [1.54, 1.807) is 10.7 Å². The maximum atomic E-state index is 13.6. The lowest BCUT2D eigenvalue weighted by atomic mass is 10.2. The van der Waals surface area contributed by atoms with Crippen molar-refractivity contribution in [3.05, 3.63) is 68.1 Å². The van der Waals surface area contributed by atoms with Gasteiger partial charge < -0.3 is 5.32 Å². The fourth-order valence-corrected chi connectivity index (χ4v) is 3.29. The molecule has 0 atom stereocenters. The zero-order chi connectivity index (χ0) is 18.1. The third-order valence-electron chi connectivity index (χ3n) is 3.68. The summed E-state index contributed by atoms with van der Waals surface area (Å²) < 4.78 is 28.3. The Balaban J connectivity index is 1.74. The van der Waals surface area contributed by atoms with Crippen LogP contribution in [0.4, 0.5) is 14.5 Å². The molecule has 0 radical (unpaired) electrons. The Labute approximate surface area is 152 Å². The van der Waals surface area contributed by atoms with Gasteiger partial charge in [-0.05, 0) is 43.0 Å². The average Bonchev–Trinajstić information content (AvgIpc) is 3.12. The maximum absolute atomic E-state index is 13.6. The number of thiophene rings is 1. The maximum Gasteiger partial charge on any atom is 0.265 e. The number of hydrogen-bond donors (Lipinski definition) is 1. The van der Waals surface area contributed by atoms with E-state index in [0.29, 0.717) is 16.4 Å². The number of benzene rings is 1. The van der Waals surface area contributed by atoms with Gasteiger partial charge in [0.2, 0.25) is 0 Å². The molecule has 25 heavy (non-hydrogen) atoms. The number of rotatable bonds is 4. The molecule has 3 rings (SSSR count). The topological polar surface area (TPSA) is 46.9 Å². The minimum atomic E-state index is -0.817. The van der Waals surface area contributed by atoms with Crippen LogP contribution in [0.3, 0.4) is 0 Å². The van der Waals surface area contributed by atoms with Crippen molar-refractivity contribution in [3.8, 4) is 0 Å². The molecule has 3 aromatic rings. The number of anilines is 1. The van der Waals surface area contributed by atoms with Crippen molar-refractivity contribution in [2.24, 2.45) is 0 Å². The first-order chi connectivity index (χ1) is 11.8. The molecule has 130 valence electrons. The first kappa shape index (κ1) is 17.6. The summed E-state index contributed by atoms with van der Waals surface area (Å²) >= 11 is 7.37. The number of aromatic nitrogens is 2. The van der Waals surface area contributed by atoms with Crippen molar-refractivity contribution >= 4 is 34.5 Å². The molecule has 1 N–H and O–H groups in total. The molecular weight excluding hydrogens is 368 g/mol. The van der Waals surface area contributed by atoms with Gasteiger partial charge in [-0.3, -0.25) is 9.48 Å². The highest BCUT2D eigenvalue weighted by Crippen LogP contribution is 2.23. The first-order valence-electron chi connectivity index (χ1n) is 7.38. The molecule has 2 heterocycles. The van der Waals surface area contributed by atoms with Crippen LogP contribution in [-0.2, 0) is 6.54 Å². The fourth-order valence-electron chi connectivity index (χ4n) is 2.35. The predicted octanol–water partition coefficient (Wildman–Crippen LogP) is 4.79.